The molecule has 1 rings (SSSR count). The molecule has 0 atom stereocenters. The molecule has 1 aromatic carbocycles. The van der Waals surface area contributed by atoms with Gasteiger partial charge in [0, 0.05) is 24.7 Å². The Balaban J connectivity index is 2.63. The zero-order valence-corrected chi connectivity index (χ0v) is 24.6. The van der Waals surface area contributed by atoms with Gasteiger partial charge in [0.05, 0.1) is 14.2 Å². The minimum Gasteiger partial charge on any atom is -0.497 e. The lowest BCUT2D eigenvalue weighted by Gasteiger charge is -2.26. The molecule has 0 aliphatic carbocycles. The van der Waals surface area contributed by atoms with Crippen molar-refractivity contribution in [2.24, 2.45) is 4.99 Å². The van der Waals surface area contributed by atoms with Crippen LogP contribution < -0.4 is 31.0 Å². The van der Waals surface area contributed by atoms with Gasteiger partial charge in [-0.25, -0.2) is 19.8 Å². The maximum Gasteiger partial charge on any atom is 0.422 e. The van der Waals surface area contributed by atoms with Crippen LogP contribution in [0.1, 0.15) is 67.4 Å². The number of guanidine groups is 1. The summed E-state index contributed by atoms with van der Waals surface area (Å²) < 4.78 is 26.5. The van der Waals surface area contributed by atoms with Crippen LogP contribution in [0.4, 0.5) is 14.4 Å². The van der Waals surface area contributed by atoms with E-state index in [0.717, 1.165) is 0 Å². The van der Waals surface area contributed by atoms with Crippen molar-refractivity contribution in [3.63, 3.8) is 0 Å². The van der Waals surface area contributed by atoms with Crippen LogP contribution in [0.5, 0.6) is 11.5 Å². The van der Waals surface area contributed by atoms with Crippen molar-refractivity contribution in [3.8, 4) is 11.5 Å². The molecule has 0 saturated heterocycles. The summed E-state index contributed by atoms with van der Waals surface area (Å²) in [5.41, 5.74) is 3.45. The van der Waals surface area contributed by atoms with Gasteiger partial charge in [0.2, 0.25) is 5.96 Å². The van der Waals surface area contributed by atoms with Crippen molar-refractivity contribution >= 4 is 24.2 Å². The highest BCUT2D eigenvalue weighted by Gasteiger charge is 2.27. The molecule has 13 heteroatoms. The number of carbonyl (C=O) groups is 3. The number of hydrogen-bond donors (Lipinski definition) is 4. The van der Waals surface area contributed by atoms with Crippen molar-refractivity contribution in [2.45, 2.75) is 78.6 Å². The molecule has 0 heterocycles. The molecule has 0 spiro atoms. The lowest BCUT2D eigenvalue weighted by atomic mass is 9.97. The number of aliphatic imine (C=N–C) groups is 1. The number of benzene rings is 1. The van der Waals surface area contributed by atoms with E-state index in [9.17, 15) is 14.4 Å². The van der Waals surface area contributed by atoms with Crippen LogP contribution >= 0.6 is 0 Å². The third kappa shape index (κ3) is 14.1. The topological polar surface area (TPSA) is 158 Å². The molecule has 0 aromatic heterocycles. The highest BCUT2D eigenvalue weighted by atomic mass is 16.6. The smallest absolute Gasteiger partial charge is 0.422 e. The molecule has 4 N–H and O–H groups in total. The Bertz CT molecular complexity index is 958. The van der Waals surface area contributed by atoms with Crippen LogP contribution in [0.25, 0.3) is 0 Å². The highest BCUT2D eigenvalue weighted by molar-refractivity contribution is 6.01. The van der Waals surface area contributed by atoms with Gasteiger partial charge >= 0.3 is 18.3 Å². The molecular weight excluding hydrogens is 510 g/mol. The normalized spacial score (nSPS) is 11.5. The summed E-state index contributed by atoms with van der Waals surface area (Å²) in [6, 6.07) is 5.24. The Morgan fingerprint density at radius 2 is 1.23 bits per heavy atom. The largest absolute Gasteiger partial charge is 0.497 e. The first-order valence-corrected chi connectivity index (χ1v) is 12.4. The van der Waals surface area contributed by atoms with Gasteiger partial charge in [0.25, 0.3) is 0 Å². The summed E-state index contributed by atoms with van der Waals surface area (Å²) >= 11 is 0. The Morgan fingerprint density at radius 1 is 0.744 bits per heavy atom. The molecule has 0 bridgehead atoms. The number of alkyl carbamates (subject to hydrolysis) is 2. The number of hydrogen-bond acceptors (Lipinski definition) is 10. The summed E-state index contributed by atoms with van der Waals surface area (Å²) in [5.74, 6) is 1.02. The van der Waals surface area contributed by atoms with Crippen LogP contribution in [0, 0.1) is 0 Å². The van der Waals surface area contributed by atoms with Crippen LogP contribution in [0.3, 0.4) is 0 Å². The molecular formula is C26H43N5O8. The fourth-order valence-corrected chi connectivity index (χ4v) is 2.88. The fourth-order valence-electron chi connectivity index (χ4n) is 2.88. The maximum atomic E-state index is 12.3. The van der Waals surface area contributed by atoms with Crippen molar-refractivity contribution in [1.82, 2.24) is 21.5 Å². The summed E-state index contributed by atoms with van der Waals surface area (Å²) in [5, 5.41) is 4.81. The van der Waals surface area contributed by atoms with E-state index in [1.54, 1.807) is 73.6 Å². The second-order valence-corrected chi connectivity index (χ2v) is 10.9. The van der Waals surface area contributed by atoms with Gasteiger partial charge < -0.3 is 23.7 Å². The van der Waals surface area contributed by atoms with E-state index < -0.39 is 35.1 Å². The number of ether oxygens (including phenoxy) is 5. The second kappa shape index (κ2) is 14.4. The van der Waals surface area contributed by atoms with Gasteiger partial charge in [0.1, 0.15) is 28.3 Å². The van der Waals surface area contributed by atoms with Crippen molar-refractivity contribution in [1.29, 1.82) is 0 Å². The van der Waals surface area contributed by atoms with E-state index >= 15 is 0 Å². The van der Waals surface area contributed by atoms with Gasteiger partial charge in [-0.05, 0) is 73.9 Å². The molecule has 3 amide bonds. The predicted octanol–water partition coefficient (Wildman–Crippen LogP) is 3.97. The first-order valence-electron chi connectivity index (χ1n) is 12.4. The lowest BCUT2D eigenvalue weighted by molar-refractivity contribution is 0.0334. The van der Waals surface area contributed by atoms with Gasteiger partial charge in [-0.3, -0.25) is 21.1 Å². The molecule has 0 unspecified atom stereocenters. The maximum absolute atomic E-state index is 12.3. The minimum absolute atomic E-state index is 0.124. The van der Waals surface area contributed by atoms with Gasteiger partial charge in [-0.1, -0.05) is 0 Å². The van der Waals surface area contributed by atoms with E-state index in [1.807, 2.05) is 0 Å². The third-order valence-corrected chi connectivity index (χ3v) is 4.55. The predicted molar refractivity (Wildman–Crippen MR) is 146 cm³/mol. The number of rotatable bonds is 9. The third-order valence-electron chi connectivity index (χ3n) is 4.55. The fraction of sp³-hybridized carbons (Fsp3) is 0.615. The minimum atomic E-state index is -0.979. The summed E-state index contributed by atoms with van der Waals surface area (Å²) in [6.45, 7) is 14.3. The first kappa shape index (κ1) is 33.3. The van der Waals surface area contributed by atoms with Crippen LogP contribution in [-0.4, -0.2) is 62.8 Å². The van der Waals surface area contributed by atoms with Crippen LogP contribution in [0.2, 0.25) is 0 Å². The molecule has 0 aliphatic rings. The van der Waals surface area contributed by atoms with Crippen molar-refractivity contribution in [2.75, 3.05) is 27.3 Å². The number of nitrogens with zero attached hydrogens (tertiary/aromatic N) is 1. The standard InChI is InChI=1S/C26H43N5O8/c1-24(2,3)37-21(32)29-20(30-22(33)38-25(4,5)6)27-12-11-13-28-31-23(34)39-26(7,8)17-14-18(35-9)16-19(15-17)36-10/h14-16,28H,11-13H2,1-10H3,(H,31,34)(H2,27,29,30,32,33). The van der Waals surface area contributed by atoms with Crippen LogP contribution in [0.15, 0.2) is 23.2 Å². The summed E-state index contributed by atoms with van der Waals surface area (Å²) in [4.78, 5) is 40.8. The van der Waals surface area contributed by atoms with Gasteiger partial charge in [-0.15, -0.1) is 0 Å². The molecule has 0 aliphatic heterocycles. The van der Waals surface area contributed by atoms with Crippen molar-refractivity contribution < 1.29 is 38.1 Å². The Labute approximate surface area is 230 Å². The zero-order valence-electron chi connectivity index (χ0n) is 24.6. The molecule has 1 aromatic rings. The van der Waals surface area contributed by atoms with Gasteiger partial charge in [-0.2, -0.15) is 0 Å². The molecule has 0 fully saturated rings. The second-order valence-electron chi connectivity index (χ2n) is 10.9. The first-order chi connectivity index (χ1) is 17.9. The monoisotopic (exact) mass is 553 g/mol. The van der Waals surface area contributed by atoms with E-state index in [1.165, 1.54) is 14.2 Å². The number of hydrazine groups is 1. The molecule has 220 valence electrons. The van der Waals surface area contributed by atoms with Gasteiger partial charge in [0.15, 0.2) is 0 Å². The number of methoxy groups -OCH3 is 2. The number of amides is 3. The lowest BCUT2D eigenvalue weighted by Crippen LogP contribution is -2.47. The molecule has 13 nitrogen and oxygen atoms in total. The number of carbonyl (C=O) groups excluding carboxylic acids is 3. The van der Waals surface area contributed by atoms with E-state index in [-0.39, 0.29) is 12.5 Å². The average Bonchev–Trinajstić information content (AvgIpc) is 2.77. The van der Waals surface area contributed by atoms with Crippen LogP contribution in [-0.2, 0) is 19.8 Å². The quantitative estimate of drug-likeness (QED) is 0.117. The highest BCUT2D eigenvalue weighted by Crippen LogP contribution is 2.32. The SMILES string of the molecule is COc1cc(OC)cc(C(C)(C)OC(=O)NNCCCN=C(NC(=O)OC(C)(C)C)NC(=O)OC(C)(C)C)c1. The van der Waals surface area contributed by atoms with Crippen molar-refractivity contribution in [3.05, 3.63) is 23.8 Å². The summed E-state index contributed by atoms with van der Waals surface area (Å²) in [6.07, 6.45) is -1.82. The Morgan fingerprint density at radius 3 is 1.67 bits per heavy atom. The molecule has 0 saturated carbocycles. The van der Waals surface area contributed by atoms with E-state index in [4.69, 9.17) is 23.7 Å². The number of nitrogens with one attached hydrogen (secondary N) is 4. The Hall–Kier alpha value is -3.74. The average molecular weight is 554 g/mol. The zero-order chi connectivity index (χ0) is 29.9. The summed E-state index contributed by atoms with van der Waals surface area (Å²) in [7, 11) is 3.08. The van der Waals surface area contributed by atoms with E-state index in [0.29, 0.717) is 30.0 Å². The Kier molecular flexibility index (Phi) is 12.3. The van der Waals surface area contributed by atoms with E-state index in [2.05, 4.69) is 26.5 Å². The molecule has 39 heavy (non-hydrogen) atoms. The molecule has 0 radical (unpaired) electrons.